The van der Waals surface area contributed by atoms with Gasteiger partial charge in [-0.2, -0.15) is 13.2 Å². The molecule has 0 aromatic heterocycles. The van der Waals surface area contributed by atoms with Crippen LogP contribution >= 0.6 is 0 Å². The molecule has 2 aliphatic heterocycles. The van der Waals surface area contributed by atoms with Crippen molar-refractivity contribution in [2.75, 3.05) is 24.5 Å². The summed E-state index contributed by atoms with van der Waals surface area (Å²) in [5.41, 5.74) is 3.02. The van der Waals surface area contributed by atoms with Crippen molar-refractivity contribution in [2.24, 2.45) is 0 Å². The van der Waals surface area contributed by atoms with Gasteiger partial charge in [-0.15, -0.1) is 0 Å². The standard InChI is InChI=1S/C22H23F3N2/c23-22(24,25)19-7-5-17(6-8-19)9-13-26-14-11-20(12-15-26)27-16-10-18-3-1-2-4-21(18)27/h1-9,13,20H,10-12,14-16H2. The predicted octanol–water partition coefficient (Wildman–Crippen LogP) is 5.20. The Morgan fingerprint density at radius 3 is 2.30 bits per heavy atom. The van der Waals surface area contributed by atoms with Crippen molar-refractivity contribution in [3.05, 3.63) is 71.4 Å². The molecule has 4 rings (SSSR count). The number of piperidine rings is 1. The lowest BCUT2D eigenvalue weighted by atomic mass is 10.0. The van der Waals surface area contributed by atoms with Crippen LogP contribution in [-0.2, 0) is 12.6 Å². The third kappa shape index (κ3) is 3.97. The van der Waals surface area contributed by atoms with Gasteiger partial charge in [0.05, 0.1) is 5.56 Å². The van der Waals surface area contributed by atoms with Crippen molar-refractivity contribution in [1.82, 2.24) is 4.90 Å². The molecule has 2 aliphatic rings. The molecule has 2 aromatic carbocycles. The Morgan fingerprint density at radius 1 is 0.889 bits per heavy atom. The van der Waals surface area contributed by atoms with Gasteiger partial charge in [0, 0.05) is 31.4 Å². The summed E-state index contributed by atoms with van der Waals surface area (Å²) in [6, 6.07) is 14.5. The number of alkyl halides is 3. The van der Waals surface area contributed by atoms with E-state index >= 15 is 0 Å². The minimum atomic E-state index is -4.28. The van der Waals surface area contributed by atoms with E-state index in [1.165, 1.54) is 23.4 Å². The van der Waals surface area contributed by atoms with Gasteiger partial charge in [0.15, 0.2) is 0 Å². The molecule has 0 saturated carbocycles. The lowest BCUT2D eigenvalue weighted by Crippen LogP contribution is -2.42. The van der Waals surface area contributed by atoms with Crippen LogP contribution in [0, 0.1) is 0 Å². The van der Waals surface area contributed by atoms with E-state index < -0.39 is 11.7 Å². The minimum Gasteiger partial charge on any atom is -0.377 e. The molecule has 0 amide bonds. The molecular formula is C22H23F3N2. The van der Waals surface area contributed by atoms with Gasteiger partial charge in [-0.05, 0) is 60.9 Å². The average molecular weight is 372 g/mol. The highest BCUT2D eigenvalue weighted by atomic mass is 19.4. The summed E-state index contributed by atoms with van der Waals surface area (Å²) in [5, 5.41) is 0. The summed E-state index contributed by atoms with van der Waals surface area (Å²) >= 11 is 0. The van der Waals surface area contributed by atoms with Gasteiger partial charge in [-0.25, -0.2) is 0 Å². The van der Waals surface area contributed by atoms with Crippen molar-refractivity contribution in [3.8, 4) is 0 Å². The number of likely N-dealkylation sites (tertiary alicyclic amines) is 1. The molecule has 0 N–H and O–H groups in total. The fourth-order valence-corrected chi connectivity index (χ4v) is 4.06. The van der Waals surface area contributed by atoms with E-state index in [2.05, 4.69) is 34.1 Å². The van der Waals surface area contributed by atoms with Gasteiger partial charge in [-0.1, -0.05) is 30.3 Å². The largest absolute Gasteiger partial charge is 0.416 e. The van der Waals surface area contributed by atoms with Crippen LogP contribution in [0.3, 0.4) is 0 Å². The minimum absolute atomic E-state index is 0.573. The molecule has 0 spiro atoms. The summed E-state index contributed by atoms with van der Waals surface area (Å²) in [5.74, 6) is 0. The maximum absolute atomic E-state index is 12.6. The maximum atomic E-state index is 12.6. The van der Waals surface area contributed by atoms with Crippen LogP contribution < -0.4 is 4.90 Å². The van der Waals surface area contributed by atoms with E-state index in [4.69, 9.17) is 0 Å². The van der Waals surface area contributed by atoms with Crippen LogP contribution in [0.5, 0.6) is 0 Å². The first-order chi connectivity index (χ1) is 13.0. The number of nitrogens with zero attached hydrogens (tertiary/aromatic N) is 2. The molecule has 27 heavy (non-hydrogen) atoms. The van der Waals surface area contributed by atoms with Crippen molar-refractivity contribution in [3.63, 3.8) is 0 Å². The van der Waals surface area contributed by atoms with Crippen LogP contribution in [0.1, 0.15) is 29.5 Å². The third-order valence-corrected chi connectivity index (χ3v) is 5.58. The number of benzene rings is 2. The molecule has 0 aliphatic carbocycles. The zero-order valence-corrected chi connectivity index (χ0v) is 15.1. The zero-order chi connectivity index (χ0) is 18.9. The molecule has 0 atom stereocenters. The van der Waals surface area contributed by atoms with Gasteiger partial charge >= 0.3 is 6.18 Å². The number of rotatable bonds is 3. The Morgan fingerprint density at radius 2 is 1.59 bits per heavy atom. The summed E-state index contributed by atoms with van der Waals surface area (Å²) in [4.78, 5) is 4.81. The van der Waals surface area contributed by atoms with Crippen molar-refractivity contribution < 1.29 is 13.2 Å². The Kier molecular flexibility index (Phi) is 4.85. The van der Waals surface area contributed by atoms with Crippen LogP contribution in [0.4, 0.5) is 18.9 Å². The van der Waals surface area contributed by atoms with Gasteiger partial charge < -0.3 is 9.80 Å². The third-order valence-electron chi connectivity index (χ3n) is 5.58. The Labute approximate surface area is 157 Å². The predicted molar refractivity (Wildman–Crippen MR) is 103 cm³/mol. The van der Waals surface area contributed by atoms with E-state index in [1.807, 2.05) is 12.3 Å². The number of anilines is 1. The number of hydrogen-bond acceptors (Lipinski definition) is 2. The fourth-order valence-electron chi connectivity index (χ4n) is 4.06. The summed E-state index contributed by atoms with van der Waals surface area (Å²) in [6.07, 6.45) is 2.96. The monoisotopic (exact) mass is 372 g/mol. The summed E-state index contributed by atoms with van der Waals surface area (Å²) in [7, 11) is 0. The first-order valence-corrected chi connectivity index (χ1v) is 9.45. The van der Waals surface area contributed by atoms with Gasteiger partial charge in [0.25, 0.3) is 0 Å². The Hall–Kier alpha value is -2.43. The van der Waals surface area contributed by atoms with Crippen LogP contribution in [0.2, 0.25) is 0 Å². The first-order valence-electron chi connectivity index (χ1n) is 9.45. The summed E-state index contributed by atoms with van der Waals surface area (Å²) in [6.45, 7) is 3.05. The second-order valence-electron chi connectivity index (χ2n) is 7.27. The zero-order valence-electron chi connectivity index (χ0n) is 15.1. The molecule has 1 fully saturated rings. The molecule has 2 aromatic rings. The quantitative estimate of drug-likeness (QED) is 0.730. The fraction of sp³-hybridized carbons (Fsp3) is 0.364. The maximum Gasteiger partial charge on any atom is 0.416 e. The van der Waals surface area contributed by atoms with E-state index in [0.717, 1.165) is 56.6 Å². The van der Waals surface area contributed by atoms with E-state index in [-0.39, 0.29) is 0 Å². The first kappa shape index (κ1) is 18.0. The molecule has 0 radical (unpaired) electrons. The average Bonchev–Trinajstić information content (AvgIpc) is 3.11. The molecule has 0 unspecified atom stereocenters. The van der Waals surface area contributed by atoms with Crippen LogP contribution in [-0.4, -0.2) is 30.6 Å². The highest BCUT2D eigenvalue weighted by molar-refractivity contribution is 5.58. The van der Waals surface area contributed by atoms with Gasteiger partial charge in [0.1, 0.15) is 0 Å². The van der Waals surface area contributed by atoms with Crippen molar-refractivity contribution in [1.29, 1.82) is 0 Å². The molecule has 2 heterocycles. The van der Waals surface area contributed by atoms with Gasteiger partial charge in [0.2, 0.25) is 0 Å². The number of fused-ring (bicyclic) bond motifs is 1. The van der Waals surface area contributed by atoms with Crippen molar-refractivity contribution in [2.45, 2.75) is 31.5 Å². The molecule has 2 nitrogen and oxygen atoms in total. The highest BCUT2D eigenvalue weighted by Gasteiger charge is 2.30. The lowest BCUT2D eigenvalue weighted by molar-refractivity contribution is -0.137. The number of halogens is 3. The second-order valence-corrected chi connectivity index (χ2v) is 7.27. The molecular weight excluding hydrogens is 349 g/mol. The van der Waals surface area contributed by atoms with Crippen molar-refractivity contribution >= 4 is 11.8 Å². The van der Waals surface area contributed by atoms with Crippen LogP contribution in [0.15, 0.2) is 54.7 Å². The Balaban J connectivity index is 1.33. The highest BCUT2D eigenvalue weighted by Crippen LogP contribution is 2.32. The van der Waals surface area contributed by atoms with E-state index in [0.29, 0.717) is 6.04 Å². The lowest BCUT2D eigenvalue weighted by Gasteiger charge is -2.37. The Bertz CT molecular complexity index is 803. The SMILES string of the molecule is FC(F)(F)c1ccc(C=CN2CCC(N3CCc4ccccc43)CC2)cc1. The molecule has 5 heteroatoms. The number of hydrogen-bond donors (Lipinski definition) is 0. The van der Waals surface area contributed by atoms with Crippen LogP contribution in [0.25, 0.3) is 6.08 Å². The summed E-state index contributed by atoms with van der Waals surface area (Å²) < 4.78 is 37.9. The molecule has 142 valence electrons. The molecule has 1 saturated heterocycles. The smallest absolute Gasteiger partial charge is 0.377 e. The normalized spacial score (nSPS) is 18.3. The van der Waals surface area contributed by atoms with E-state index in [9.17, 15) is 13.2 Å². The van der Waals surface area contributed by atoms with Gasteiger partial charge in [-0.3, -0.25) is 0 Å². The second kappa shape index (κ2) is 7.29. The van der Waals surface area contributed by atoms with E-state index in [1.54, 1.807) is 0 Å². The molecule has 0 bridgehead atoms. The topological polar surface area (TPSA) is 6.48 Å². The number of para-hydroxylation sites is 1.